The lowest BCUT2D eigenvalue weighted by Crippen LogP contribution is -2.74. The zero-order chi connectivity index (χ0) is 83.4. The van der Waals surface area contributed by atoms with Crippen LogP contribution in [0.3, 0.4) is 0 Å². The molecule has 0 aliphatic heterocycles. The van der Waals surface area contributed by atoms with Gasteiger partial charge >= 0.3 is 0 Å². The van der Waals surface area contributed by atoms with Crippen molar-refractivity contribution in [2.24, 2.45) is 0 Å². The van der Waals surface area contributed by atoms with Crippen molar-refractivity contribution < 1.29 is 8.83 Å². The molecule has 20 rings (SSSR count). The average molecular weight is 1600 g/mol. The molecule has 2 aromatic heterocycles. The number of rotatable bonds is 18. The third kappa shape index (κ3) is 12.5. The summed E-state index contributed by atoms with van der Waals surface area (Å²) >= 11 is 0. The van der Waals surface area contributed by atoms with Crippen molar-refractivity contribution in [2.75, 3.05) is 9.80 Å². The van der Waals surface area contributed by atoms with Crippen molar-refractivity contribution in [3.63, 3.8) is 0 Å². The molecule has 0 bridgehead atoms. The number of nitrogens with zero attached hydrogens (tertiary/aromatic N) is 4. The van der Waals surface area contributed by atoms with E-state index < -0.39 is 16.1 Å². The van der Waals surface area contributed by atoms with E-state index in [1.807, 2.05) is 24.3 Å². The zero-order valence-electron chi connectivity index (χ0n) is 70.2. The fraction of sp³-hybridized carbons (Fsp3) is 0.105. The van der Waals surface area contributed by atoms with Crippen molar-refractivity contribution in [3.05, 3.63) is 407 Å². The Morgan fingerprint density at radius 1 is 0.254 bits per heavy atom. The minimum atomic E-state index is -3.02. The van der Waals surface area contributed by atoms with E-state index in [9.17, 15) is 10.5 Å². The lowest BCUT2D eigenvalue weighted by molar-refractivity contribution is 0.669. The molecule has 0 amide bonds. The molecule has 586 valence electrons. The van der Waals surface area contributed by atoms with Crippen molar-refractivity contribution >= 4 is 168 Å². The Kier molecular flexibility index (Phi) is 19.0. The first kappa shape index (κ1) is 76.3. The summed E-state index contributed by atoms with van der Waals surface area (Å²) in [6.45, 7) is 22.3. The van der Waals surface area contributed by atoms with Crippen LogP contribution in [0.25, 0.3) is 98.4 Å². The van der Waals surface area contributed by atoms with Gasteiger partial charge in [-0.05, 0) is 211 Å². The van der Waals surface area contributed by atoms with Gasteiger partial charge < -0.3 is 18.6 Å². The Balaban J connectivity index is 0.842. The molecule has 0 aliphatic rings. The van der Waals surface area contributed by atoms with Crippen LogP contribution in [0, 0.1) is 64.2 Å². The Morgan fingerprint density at radius 2 is 0.533 bits per heavy atom. The lowest BCUT2D eigenvalue weighted by atomic mass is 9.83. The number of anilines is 6. The Labute approximate surface area is 715 Å². The van der Waals surface area contributed by atoms with E-state index in [-0.39, 0.29) is 11.8 Å². The van der Waals surface area contributed by atoms with Crippen LogP contribution in [0.2, 0.25) is 0 Å². The zero-order valence-corrected chi connectivity index (χ0v) is 72.2. The first-order valence-electron chi connectivity index (χ1n) is 42.4. The molecule has 2 heterocycles. The summed E-state index contributed by atoms with van der Waals surface area (Å²) in [6, 6.07) is 136. The highest BCUT2D eigenvalue weighted by Gasteiger charge is 2.44. The third-order valence-electron chi connectivity index (χ3n) is 25.8. The van der Waals surface area contributed by atoms with Crippen molar-refractivity contribution in [1.82, 2.24) is 0 Å². The minimum Gasteiger partial charge on any atom is -0.454 e. The molecule has 0 spiro atoms. The normalized spacial score (nSPS) is 12.0. The second-order valence-electron chi connectivity index (χ2n) is 34.1. The molecule has 0 atom stereocenters. The fourth-order valence-corrected chi connectivity index (χ4v) is 28.9. The van der Waals surface area contributed by atoms with Crippen LogP contribution < -0.4 is 51.3 Å². The molecule has 0 radical (unpaired) electrons. The first-order chi connectivity index (χ1) is 59.5. The lowest BCUT2D eigenvalue weighted by Gasteiger charge is -2.35. The molecule has 0 saturated carbocycles. The largest absolute Gasteiger partial charge is 0.454 e. The van der Waals surface area contributed by atoms with E-state index in [2.05, 4.69) is 419 Å². The predicted octanol–water partition coefficient (Wildman–Crippen LogP) is 25.3. The van der Waals surface area contributed by atoms with Gasteiger partial charge in [0.05, 0.1) is 57.4 Å². The number of hydrogen-bond acceptors (Lipinski definition) is 6. The summed E-state index contributed by atoms with van der Waals surface area (Å²) in [5.74, 6) is 0.0972. The van der Waals surface area contributed by atoms with Gasteiger partial charge in [-0.15, -0.1) is 0 Å². The minimum absolute atomic E-state index is 0.0486. The molecule has 20 aromatic rings. The van der Waals surface area contributed by atoms with Crippen molar-refractivity contribution in [3.8, 4) is 34.4 Å². The first-order valence-corrected chi connectivity index (χ1v) is 46.4. The van der Waals surface area contributed by atoms with E-state index in [1.54, 1.807) is 0 Å². The van der Waals surface area contributed by atoms with Crippen LogP contribution in [0.4, 0.5) is 34.1 Å². The third-order valence-corrected chi connectivity index (χ3v) is 35.4. The van der Waals surface area contributed by atoms with Gasteiger partial charge in [-0.1, -0.05) is 340 Å². The molecule has 6 nitrogen and oxygen atoms in total. The van der Waals surface area contributed by atoms with Crippen LogP contribution >= 0.6 is 0 Å². The predicted molar refractivity (Wildman–Crippen MR) is 518 cm³/mol. The summed E-state index contributed by atoms with van der Waals surface area (Å²) in [7, 11) is -6.03. The van der Waals surface area contributed by atoms with Gasteiger partial charge in [0, 0.05) is 43.4 Å². The molecule has 18 aromatic carbocycles. The van der Waals surface area contributed by atoms with E-state index in [0.717, 1.165) is 133 Å². The molecule has 0 saturated heterocycles. The highest BCUT2D eigenvalue weighted by molar-refractivity contribution is 7.20. The summed E-state index contributed by atoms with van der Waals surface area (Å²) in [6.07, 6.45) is 0. The second-order valence-corrected chi connectivity index (χ2v) is 41.7. The number of furan rings is 2. The van der Waals surface area contributed by atoms with Crippen LogP contribution in [-0.2, 0) is 0 Å². The number of aryl methyl sites for hydroxylation is 6. The van der Waals surface area contributed by atoms with Gasteiger partial charge in [-0.3, -0.25) is 0 Å². The van der Waals surface area contributed by atoms with Crippen LogP contribution in [0.5, 0.6) is 0 Å². The number of para-hydroxylation sites is 4. The summed E-state index contributed by atoms with van der Waals surface area (Å²) < 4.78 is 14.5. The van der Waals surface area contributed by atoms with E-state index in [1.165, 1.54) is 86.0 Å². The smallest absolute Gasteiger partial charge is 0.179 e. The standard InChI is InChI=1S/C114H90N4O2Si2/c1-71(2)99-67-107(117(105-21-15-19-95-91-17-11-13-23-109(91)119-113(95)105)103-63-37-79(69-115)65-101(103)81-39-55-89(56-40-81)121(83-43-25-73(5)26-44-83,84-45-27-74(6)28-46-84)85-47-29-75(7)30-48-85)97-62-60-94-100(72(3)4)68-108(98-61-59-93(99)111(97)112(94)98)118(106-22-16-20-96-92-18-12-14-24-110(92)120-114(96)106)104-64-38-80(70-116)66-102(104)82-41-57-90(58-42-82)122(86-49-31-76(8)32-50-86,87-51-33-77(9)34-52-87)88-53-35-78(10)36-54-88/h11-68,71-72H,1-10H3. The SMILES string of the molecule is Cc1ccc([Si](c2ccc(C)cc2)(c2ccc(C)cc2)c2ccc(-c3cc(C#N)ccc3N(c3cc(C(C)C)c4ccc5c(N(c6ccc(C#N)cc6-c6ccc([Si](c7ccc(C)cc7)(c7ccc(C)cc7)c7ccc(C)cc7)cc6)c6cccc7c6oc6ccccc67)cc(C(C)C)c6ccc3c4c65)c3cccc4c3oc3ccccc34)cc2)cc1. The molecule has 0 N–H and O–H groups in total. The summed E-state index contributed by atoms with van der Waals surface area (Å²) in [5.41, 5.74) is 23.0. The molecule has 8 heteroatoms. The molecule has 0 unspecified atom stereocenters. The number of hydrogen-bond donors (Lipinski definition) is 0. The summed E-state index contributed by atoms with van der Waals surface area (Å²) in [4.78, 5) is 4.89. The quantitative estimate of drug-likeness (QED) is 0.0484. The van der Waals surface area contributed by atoms with E-state index >= 15 is 0 Å². The van der Waals surface area contributed by atoms with Crippen molar-refractivity contribution in [2.45, 2.75) is 81.1 Å². The van der Waals surface area contributed by atoms with Gasteiger partial charge in [0.2, 0.25) is 0 Å². The maximum absolute atomic E-state index is 11.2. The van der Waals surface area contributed by atoms with Gasteiger partial charge in [0.15, 0.2) is 27.3 Å². The molecule has 0 aliphatic carbocycles. The highest BCUT2D eigenvalue weighted by atomic mass is 28.3. The number of fused-ring (bicyclic) bond motifs is 6. The van der Waals surface area contributed by atoms with E-state index in [4.69, 9.17) is 8.83 Å². The van der Waals surface area contributed by atoms with Gasteiger partial charge in [0.1, 0.15) is 11.2 Å². The average Bonchev–Trinajstić information content (AvgIpc) is 1.09. The maximum Gasteiger partial charge on any atom is 0.179 e. The second kappa shape index (κ2) is 30.5. The van der Waals surface area contributed by atoms with Crippen molar-refractivity contribution in [1.29, 1.82) is 10.5 Å². The van der Waals surface area contributed by atoms with Crippen LogP contribution in [-0.4, -0.2) is 16.1 Å². The van der Waals surface area contributed by atoms with Crippen LogP contribution in [0.15, 0.2) is 361 Å². The molecule has 122 heavy (non-hydrogen) atoms. The monoisotopic (exact) mass is 1600 g/mol. The topological polar surface area (TPSA) is 80.3 Å². The maximum atomic E-state index is 11.2. The summed E-state index contributed by atoms with van der Waals surface area (Å²) in [5, 5.41) is 43.4. The van der Waals surface area contributed by atoms with Gasteiger partial charge in [-0.25, -0.2) is 0 Å². The number of benzene rings is 18. The van der Waals surface area contributed by atoms with Gasteiger partial charge in [0.25, 0.3) is 0 Å². The Hall–Kier alpha value is -14.4. The highest BCUT2D eigenvalue weighted by Crippen LogP contribution is 2.55. The van der Waals surface area contributed by atoms with Gasteiger partial charge in [-0.2, -0.15) is 10.5 Å². The Bertz CT molecular complexity index is 6880. The molecule has 0 fully saturated rings. The molecular weight excluding hydrogens is 1510 g/mol. The van der Waals surface area contributed by atoms with E-state index in [0.29, 0.717) is 11.1 Å². The number of nitriles is 2. The fourth-order valence-electron chi connectivity index (χ4n) is 19.6. The Morgan fingerprint density at radius 3 is 0.828 bits per heavy atom. The van der Waals surface area contributed by atoms with Crippen LogP contribution in [0.1, 0.15) is 95.2 Å². The molecular formula is C114H90N4O2Si2.